The highest BCUT2D eigenvalue weighted by Gasteiger charge is 2.25. The van der Waals surface area contributed by atoms with Gasteiger partial charge in [-0.1, -0.05) is 11.2 Å². The molecule has 1 N–H and O–H groups in total. The van der Waals surface area contributed by atoms with Crippen molar-refractivity contribution in [2.24, 2.45) is 0 Å². The Bertz CT molecular complexity index is 647. The van der Waals surface area contributed by atoms with Crippen LogP contribution in [0.1, 0.15) is 22.4 Å². The number of aromatic nitrogens is 1. The molecule has 3 heterocycles. The second kappa shape index (κ2) is 7.92. The molecule has 7 heteroatoms. The zero-order valence-electron chi connectivity index (χ0n) is 14.2. The lowest BCUT2D eigenvalue weighted by atomic mass is 10.1. The van der Waals surface area contributed by atoms with Crippen LogP contribution in [0, 0.1) is 6.92 Å². The summed E-state index contributed by atoms with van der Waals surface area (Å²) in [5.41, 5.74) is 0.678. The molecule has 2 aromatic rings. The first-order valence-corrected chi connectivity index (χ1v) is 9.14. The number of thiophene rings is 1. The quantitative estimate of drug-likeness (QED) is 0.861. The van der Waals surface area contributed by atoms with Gasteiger partial charge in [-0.3, -0.25) is 9.69 Å². The van der Waals surface area contributed by atoms with Gasteiger partial charge in [0.2, 0.25) is 5.91 Å². The van der Waals surface area contributed by atoms with Gasteiger partial charge in [0, 0.05) is 43.7 Å². The Balaban J connectivity index is 1.58. The molecule has 2 aromatic heterocycles. The minimum atomic E-state index is -0.0148. The van der Waals surface area contributed by atoms with Gasteiger partial charge < -0.3 is 14.7 Å². The number of hydrogen-bond acceptors (Lipinski definition) is 6. The monoisotopic (exact) mass is 348 g/mol. The maximum atomic E-state index is 12.2. The Hall–Kier alpha value is -1.70. The lowest BCUT2D eigenvalue weighted by Gasteiger charge is -2.37. The van der Waals surface area contributed by atoms with Crippen LogP contribution >= 0.6 is 11.3 Å². The average molecular weight is 348 g/mol. The predicted molar refractivity (Wildman–Crippen MR) is 94.1 cm³/mol. The fourth-order valence-corrected chi connectivity index (χ4v) is 3.82. The Morgan fingerprint density at radius 2 is 2.21 bits per heavy atom. The van der Waals surface area contributed by atoms with Gasteiger partial charge in [-0.25, -0.2) is 0 Å². The minimum absolute atomic E-state index is 0.0148. The van der Waals surface area contributed by atoms with Gasteiger partial charge in [0.15, 0.2) is 0 Å². The van der Waals surface area contributed by atoms with Crippen LogP contribution < -0.4 is 5.32 Å². The van der Waals surface area contributed by atoms with E-state index >= 15 is 0 Å². The number of amides is 1. The third-order valence-electron chi connectivity index (χ3n) is 4.36. The van der Waals surface area contributed by atoms with Crippen molar-refractivity contribution in [3.05, 3.63) is 39.9 Å². The van der Waals surface area contributed by atoms with Crippen LogP contribution in [0.5, 0.6) is 0 Å². The lowest BCUT2D eigenvalue weighted by Crippen LogP contribution is -2.48. The number of nitrogens with one attached hydrogen (secondary N) is 1. The molecular weight excluding hydrogens is 324 g/mol. The molecule has 1 amide bonds. The van der Waals surface area contributed by atoms with Crippen LogP contribution in [0.25, 0.3) is 0 Å². The highest BCUT2D eigenvalue weighted by Crippen LogP contribution is 2.25. The van der Waals surface area contributed by atoms with E-state index in [2.05, 4.69) is 44.8 Å². The fraction of sp³-hybridized carbons (Fsp3) is 0.529. The smallest absolute Gasteiger partial charge is 0.226 e. The molecule has 0 saturated carbocycles. The highest BCUT2D eigenvalue weighted by molar-refractivity contribution is 7.10. The third kappa shape index (κ3) is 4.43. The fourth-order valence-electron chi connectivity index (χ4n) is 2.96. The Morgan fingerprint density at radius 1 is 1.42 bits per heavy atom. The SMILES string of the molecule is Cc1cc(CC(=O)NCC(c2cccs2)N2CCN(C)CC2)no1. The summed E-state index contributed by atoms with van der Waals surface area (Å²) in [6, 6.07) is 6.27. The molecule has 1 unspecified atom stereocenters. The summed E-state index contributed by atoms with van der Waals surface area (Å²) >= 11 is 1.75. The van der Waals surface area contributed by atoms with Gasteiger partial charge in [-0.2, -0.15) is 0 Å². The van der Waals surface area contributed by atoms with Crippen LogP contribution in [0.15, 0.2) is 28.1 Å². The number of rotatable bonds is 6. The molecule has 0 spiro atoms. The van der Waals surface area contributed by atoms with Crippen molar-refractivity contribution >= 4 is 17.2 Å². The molecule has 1 atom stereocenters. The summed E-state index contributed by atoms with van der Waals surface area (Å²) in [4.78, 5) is 18.3. The summed E-state index contributed by atoms with van der Waals surface area (Å²) < 4.78 is 5.01. The molecule has 1 saturated heterocycles. The minimum Gasteiger partial charge on any atom is -0.361 e. The zero-order valence-corrected chi connectivity index (χ0v) is 15.0. The van der Waals surface area contributed by atoms with Crippen molar-refractivity contribution < 1.29 is 9.32 Å². The number of carbonyl (C=O) groups excluding carboxylic acids is 1. The first-order chi connectivity index (χ1) is 11.6. The van der Waals surface area contributed by atoms with E-state index in [4.69, 9.17) is 4.52 Å². The first kappa shape index (κ1) is 17.1. The van der Waals surface area contributed by atoms with E-state index in [0.717, 1.165) is 31.9 Å². The number of carbonyl (C=O) groups is 1. The van der Waals surface area contributed by atoms with Gasteiger partial charge in [-0.05, 0) is 25.4 Å². The number of piperazine rings is 1. The maximum absolute atomic E-state index is 12.2. The van der Waals surface area contributed by atoms with E-state index < -0.39 is 0 Å². The van der Waals surface area contributed by atoms with Crippen molar-refractivity contribution in [3.8, 4) is 0 Å². The van der Waals surface area contributed by atoms with Gasteiger partial charge in [0.1, 0.15) is 5.76 Å². The normalized spacial score (nSPS) is 17.8. The second-order valence-corrected chi connectivity index (χ2v) is 7.26. The van der Waals surface area contributed by atoms with Crippen molar-refractivity contribution in [1.29, 1.82) is 0 Å². The number of likely N-dealkylation sites (N-methyl/N-ethyl adjacent to an activating group) is 1. The molecular formula is C17H24N4O2S. The van der Waals surface area contributed by atoms with Gasteiger partial charge >= 0.3 is 0 Å². The predicted octanol–water partition coefficient (Wildman–Crippen LogP) is 1.69. The Kier molecular flexibility index (Phi) is 5.65. The molecule has 0 aliphatic carbocycles. The number of aryl methyl sites for hydroxylation is 1. The van der Waals surface area contributed by atoms with Crippen LogP contribution in [0.2, 0.25) is 0 Å². The standard InChI is InChI=1S/C17H24N4O2S/c1-13-10-14(19-23-13)11-17(22)18-12-15(16-4-3-9-24-16)21-7-5-20(2)6-8-21/h3-4,9-10,15H,5-8,11-12H2,1-2H3,(H,18,22). The molecule has 24 heavy (non-hydrogen) atoms. The Morgan fingerprint density at radius 3 is 2.83 bits per heavy atom. The van der Waals surface area contributed by atoms with E-state index in [1.54, 1.807) is 17.4 Å². The van der Waals surface area contributed by atoms with E-state index in [0.29, 0.717) is 12.2 Å². The highest BCUT2D eigenvalue weighted by atomic mass is 32.1. The lowest BCUT2D eigenvalue weighted by molar-refractivity contribution is -0.120. The summed E-state index contributed by atoms with van der Waals surface area (Å²) in [5.74, 6) is 0.714. The molecule has 6 nitrogen and oxygen atoms in total. The zero-order chi connectivity index (χ0) is 16.9. The molecule has 1 aliphatic rings. The van der Waals surface area contributed by atoms with Gasteiger partial charge in [-0.15, -0.1) is 11.3 Å². The second-order valence-electron chi connectivity index (χ2n) is 6.28. The molecule has 1 aliphatic heterocycles. The third-order valence-corrected chi connectivity index (χ3v) is 5.33. The van der Waals surface area contributed by atoms with E-state index in [1.165, 1.54) is 4.88 Å². The molecule has 1 fully saturated rings. The molecule has 3 rings (SSSR count). The number of hydrogen-bond donors (Lipinski definition) is 1. The van der Waals surface area contributed by atoms with Crippen molar-refractivity contribution in [2.45, 2.75) is 19.4 Å². The summed E-state index contributed by atoms with van der Waals surface area (Å²) in [7, 11) is 2.15. The van der Waals surface area contributed by atoms with E-state index in [-0.39, 0.29) is 18.4 Å². The molecule has 0 aromatic carbocycles. The van der Waals surface area contributed by atoms with Crippen molar-refractivity contribution in [1.82, 2.24) is 20.3 Å². The summed E-state index contributed by atoms with van der Waals surface area (Å²) in [5, 5.41) is 9.04. The molecule has 0 bridgehead atoms. The average Bonchev–Trinajstić information content (AvgIpc) is 3.21. The maximum Gasteiger partial charge on any atom is 0.226 e. The topological polar surface area (TPSA) is 61.6 Å². The van der Waals surface area contributed by atoms with Crippen molar-refractivity contribution in [2.75, 3.05) is 39.8 Å². The molecule has 130 valence electrons. The van der Waals surface area contributed by atoms with Gasteiger partial charge in [0.05, 0.1) is 18.2 Å². The van der Waals surface area contributed by atoms with Crippen LogP contribution in [-0.2, 0) is 11.2 Å². The summed E-state index contributed by atoms with van der Waals surface area (Å²) in [6.45, 7) is 6.63. The van der Waals surface area contributed by atoms with Crippen LogP contribution in [-0.4, -0.2) is 60.6 Å². The van der Waals surface area contributed by atoms with Gasteiger partial charge in [0.25, 0.3) is 0 Å². The largest absolute Gasteiger partial charge is 0.361 e. The van der Waals surface area contributed by atoms with Crippen LogP contribution in [0.4, 0.5) is 0 Å². The Labute approximate surface area is 146 Å². The van der Waals surface area contributed by atoms with Crippen molar-refractivity contribution in [3.63, 3.8) is 0 Å². The van der Waals surface area contributed by atoms with E-state index in [9.17, 15) is 4.79 Å². The summed E-state index contributed by atoms with van der Waals surface area (Å²) in [6.07, 6.45) is 0.261. The molecule has 0 radical (unpaired) electrons. The van der Waals surface area contributed by atoms with E-state index in [1.807, 2.05) is 6.92 Å². The van der Waals surface area contributed by atoms with Crippen LogP contribution in [0.3, 0.4) is 0 Å². The number of nitrogens with zero attached hydrogens (tertiary/aromatic N) is 3. The first-order valence-electron chi connectivity index (χ1n) is 8.26.